The molecule has 2 aromatic rings. The number of hydrogen-bond acceptors (Lipinski definition) is 7. The molecule has 10 heteroatoms. The molecule has 1 saturated heterocycles. The fourth-order valence-corrected chi connectivity index (χ4v) is 6.33. The lowest BCUT2D eigenvalue weighted by Gasteiger charge is -2.31. The largest absolute Gasteiger partial charge is 0.444 e. The van der Waals surface area contributed by atoms with Crippen molar-refractivity contribution in [2.24, 2.45) is 5.92 Å². The molecular weight excluding hydrogens is 482 g/mol. The molecule has 1 amide bonds. The first-order valence-corrected chi connectivity index (χ1v) is 14.0. The predicted octanol–water partition coefficient (Wildman–Crippen LogP) is 2.75. The van der Waals surface area contributed by atoms with E-state index in [1.54, 1.807) is 6.07 Å². The number of rotatable bonds is 11. The van der Waals surface area contributed by atoms with Crippen molar-refractivity contribution in [2.75, 3.05) is 26.3 Å². The lowest BCUT2D eigenvalue weighted by Crippen LogP contribution is -2.51. The number of aromatic nitrogens is 1. The first-order chi connectivity index (χ1) is 17.4. The highest BCUT2D eigenvalue weighted by Gasteiger charge is 2.34. The van der Waals surface area contributed by atoms with Gasteiger partial charge >= 0.3 is 6.09 Å². The van der Waals surface area contributed by atoms with Crippen LogP contribution >= 0.6 is 0 Å². The van der Waals surface area contributed by atoms with E-state index in [9.17, 15) is 18.3 Å². The van der Waals surface area contributed by atoms with E-state index in [-0.39, 0.29) is 23.5 Å². The second kappa shape index (κ2) is 12.6. The quantitative estimate of drug-likeness (QED) is 0.471. The number of nitrogens with zero attached hydrogens (tertiary/aromatic N) is 2. The molecule has 1 aliphatic carbocycles. The molecule has 2 heterocycles. The molecule has 36 heavy (non-hydrogen) atoms. The van der Waals surface area contributed by atoms with Crippen LogP contribution in [-0.2, 0) is 25.9 Å². The van der Waals surface area contributed by atoms with Crippen LogP contribution in [0.4, 0.5) is 4.79 Å². The molecule has 2 fully saturated rings. The Kier molecular flexibility index (Phi) is 9.30. The van der Waals surface area contributed by atoms with Crippen LogP contribution in [0.1, 0.15) is 37.7 Å². The SMILES string of the molecule is O=C(NC(Cc1ccccc1)[C@@H](O)CN(CC1CCCC1)S(=O)(=O)c1cccnc1)O[C@H]1CCOC1. The molecule has 0 radical (unpaired) electrons. The minimum absolute atomic E-state index is 0.0865. The Bertz CT molecular complexity index is 1060. The Labute approximate surface area is 212 Å². The molecule has 3 atom stereocenters. The Balaban J connectivity index is 1.52. The number of sulfonamides is 1. The van der Waals surface area contributed by atoms with E-state index in [1.165, 1.54) is 22.8 Å². The Morgan fingerprint density at radius 2 is 1.94 bits per heavy atom. The van der Waals surface area contributed by atoms with Gasteiger partial charge in [-0.15, -0.1) is 0 Å². The summed E-state index contributed by atoms with van der Waals surface area (Å²) in [7, 11) is -3.89. The molecule has 196 valence electrons. The molecule has 1 aromatic heterocycles. The van der Waals surface area contributed by atoms with E-state index >= 15 is 0 Å². The summed E-state index contributed by atoms with van der Waals surface area (Å²) < 4.78 is 39.1. The molecule has 0 spiro atoms. The van der Waals surface area contributed by atoms with Crippen molar-refractivity contribution >= 4 is 16.1 Å². The Morgan fingerprint density at radius 3 is 2.61 bits per heavy atom. The summed E-state index contributed by atoms with van der Waals surface area (Å²) in [5.41, 5.74) is 0.906. The van der Waals surface area contributed by atoms with Gasteiger partial charge in [0.1, 0.15) is 11.0 Å². The van der Waals surface area contributed by atoms with Crippen molar-refractivity contribution in [1.29, 1.82) is 0 Å². The highest BCUT2D eigenvalue weighted by atomic mass is 32.2. The molecule has 1 aliphatic heterocycles. The summed E-state index contributed by atoms with van der Waals surface area (Å²) in [6.45, 7) is 1.04. The van der Waals surface area contributed by atoms with Crippen LogP contribution in [0, 0.1) is 5.92 Å². The summed E-state index contributed by atoms with van der Waals surface area (Å²) in [6.07, 6.45) is 5.71. The van der Waals surface area contributed by atoms with Crippen LogP contribution in [0.25, 0.3) is 0 Å². The van der Waals surface area contributed by atoms with E-state index < -0.39 is 28.3 Å². The number of aliphatic hydroxyl groups excluding tert-OH is 1. The summed E-state index contributed by atoms with van der Waals surface area (Å²) in [5, 5.41) is 14.1. The van der Waals surface area contributed by atoms with Gasteiger partial charge in [-0.3, -0.25) is 4.98 Å². The first-order valence-electron chi connectivity index (χ1n) is 12.6. The second-order valence-electron chi connectivity index (χ2n) is 9.56. The van der Waals surface area contributed by atoms with Crippen LogP contribution in [0.5, 0.6) is 0 Å². The minimum Gasteiger partial charge on any atom is -0.444 e. The van der Waals surface area contributed by atoms with Gasteiger partial charge < -0.3 is 19.9 Å². The highest BCUT2D eigenvalue weighted by Crippen LogP contribution is 2.28. The van der Waals surface area contributed by atoms with Crippen LogP contribution in [-0.4, -0.2) is 73.5 Å². The number of amides is 1. The van der Waals surface area contributed by atoms with Gasteiger partial charge in [0, 0.05) is 31.9 Å². The predicted molar refractivity (Wildman–Crippen MR) is 134 cm³/mol. The third-order valence-electron chi connectivity index (χ3n) is 6.83. The minimum atomic E-state index is -3.89. The van der Waals surface area contributed by atoms with Crippen molar-refractivity contribution < 1.29 is 27.8 Å². The van der Waals surface area contributed by atoms with Crippen LogP contribution < -0.4 is 5.32 Å². The third-order valence-corrected chi connectivity index (χ3v) is 8.64. The molecule has 0 bridgehead atoms. The van der Waals surface area contributed by atoms with E-state index in [0.29, 0.717) is 32.6 Å². The molecule has 4 rings (SSSR count). The van der Waals surface area contributed by atoms with Gasteiger partial charge in [-0.05, 0) is 42.9 Å². The number of pyridine rings is 1. The first kappa shape index (κ1) is 26.5. The molecular formula is C26H35N3O6S. The lowest BCUT2D eigenvalue weighted by molar-refractivity contribution is 0.0641. The number of carbonyl (C=O) groups is 1. The fraction of sp³-hybridized carbons (Fsp3) is 0.538. The van der Waals surface area contributed by atoms with Gasteiger partial charge in [0.15, 0.2) is 0 Å². The van der Waals surface area contributed by atoms with Crippen molar-refractivity contribution in [1.82, 2.24) is 14.6 Å². The third kappa shape index (κ3) is 7.25. The molecule has 2 N–H and O–H groups in total. The van der Waals surface area contributed by atoms with Crippen LogP contribution in [0.2, 0.25) is 0 Å². The number of alkyl carbamates (subject to hydrolysis) is 1. The molecule has 1 unspecified atom stereocenters. The van der Waals surface area contributed by atoms with Gasteiger partial charge in [-0.1, -0.05) is 43.2 Å². The maximum absolute atomic E-state index is 13.5. The number of nitrogens with one attached hydrogen (secondary N) is 1. The van der Waals surface area contributed by atoms with Crippen LogP contribution in [0.15, 0.2) is 59.8 Å². The average Bonchev–Trinajstić information content (AvgIpc) is 3.59. The summed E-state index contributed by atoms with van der Waals surface area (Å²) in [4.78, 5) is 16.7. The second-order valence-corrected chi connectivity index (χ2v) is 11.5. The zero-order valence-corrected chi connectivity index (χ0v) is 21.2. The Morgan fingerprint density at radius 1 is 1.17 bits per heavy atom. The number of hydrogen-bond donors (Lipinski definition) is 2. The van der Waals surface area contributed by atoms with Gasteiger partial charge in [0.25, 0.3) is 0 Å². The van der Waals surface area contributed by atoms with Gasteiger partial charge in [0.2, 0.25) is 10.0 Å². The Hall–Kier alpha value is -2.53. The normalized spacial score (nSPS) is 20.3. The number of ether oxygens (including phenoxy) is 2. The topological polar surface area (TPSA) is 118 Å². The van der Waals surface area contributed by atoms with E-state index in [2.05, 4.69) is 10.3 Å². The maximum atomic E-state index is 13.5. The number of benzene rings is 1. The summed E-state index contributed by atoms with van der Waals surface area (Å²) >= 11 is 0. The van der Waals surface area contributed by atoms with Crippen molar-refractivity contribution in [3.63, 3.8) is 0 Å². The van der Waals surface area contributed by atoms with Gasteiger partial charge in [0.05, 0.1) is 25.4 Å². The van der Waals surface area contributed by atoms with E-state index in [4.69, 9.17) is 9.47 Å². The summed E-state index contributed by atoms with van der Waals surface area (Å²) in [6, 6.07) is 11.8. The van der Waals surface area contributed by atoms with Crippen LogP contribution in [0.3, 0.4) is 0 Å². The van der Waals surface area contributed by atoms with Crippen molar-refractivity contribution in [2.45, 2.75) is 61.7 Å². The monoisotopic (exact) mass is 517 g/mol. The molecule has 9 nitrogen and oxygen atoms in total. The number of carbonyl (C=O) groups excluding carboxylic acids is 1. The molecule has 1 saturated carbocycles. The summed E-state index contributed by atoms with van der Waals surface area (Å²) in [5.74, 6) is 0.233. The zero-order valence-electron chi connectivity index (χ0n) is 20.4. The fourth-order valence-electron chi connectivity index (χ4n) is 4.83. The standard InChI is InChI=1S/C26H35N3O6S/c30-25(18-29(17-21-9-4-5-10-21)36(32,33)23-11-6-13-27-16-23)24(15-20-7-2-1-3-8-20)28-26(31)35-22-12-14-34-19-22/h1-3,6-8,11,13,16,21-22,24-25,30H,4-5,9-10,12,14-15,17-19H2,(H,28,31)/t22-,24?,25-/m0/s1. The maximum Gasteiger partial charge on any atom is 0.407 e. The average molecular weight is 518 g/mol. The van der Waals surface area contributed by atoms with Gasteiger partial charge in [-0.25, -0.2) is 13.2 Å². The number of aliphatic hydroxyl groups is 1. The smallest absolute Gasteiger partial charge is 0.407 e. The van der Waals surface area contributed by atoms with E-state index in [0.717, 1.165) is 31.2 Å². The van der Waals surface area contributed by atoms with E-state index in [1.807, 2.05) is 30.3 Å². The van der Waals surface area contributed by atoms with Crippen molar-refractivity contribution in [3.05, 3.63) is 60.4 Å². The molecule has 1 aromatic carbocycles. The zero-order chi connectivity index (χ0) is 25.4. The van der Waals surface area contributed by atoms with Crippen molar-refractivity contribution in [3.8, 4) is 0 Å². The molecule has 2 aliphatic rings. The lowest BCUT2D eigenvalue weighted by atomic mass is 10.0. The highest BCUT2D eigenvalue weighted by molar-refractivity contribution is 7.89. The van der Waals surface area contributed by atoms with Gasteiger partial charge in [-0.2, -0.15) is 4.31 Å².